The number of amides is 1. The molecule has 0 fully saturated rings. The molecule has 0 aromatic heterocycles. The summed E-state index contributed by atoms with van der Waals surface area (Å²) in [5.74, 6) is 0.0630. The fourth-order valence-corrected chi connectivity index (χ4v) is 1.77. The van der Waals surface area contributed by atoms with Gasteiger partial charge in [0.05, 0.1) is 0 Å². The number of hydrogen-bond donors (Lipinski definition) is 2. The Balaban J connectivity index is 4.36. The third-order valence-electron chi connectivity index (χ3n) is 3.05. The van der Waals surface area contributed by atoms with Crippen LogP contribution in [0.25, 0.3) is 0 Å². The highest BCUT2D eigenvalue weighted by atomic mass is 16.1. The van der Waals surface area contributed by atoms with Gasteiger partial charge in [0.25, 0.3) is 0 Å². The van der Waals surface area contributed by atoms with Crippen LogP contribution in [-0.2, 0) is 4.79 Å². The third kappa shape index (κ3) is 5.17. The van der Waals surface area contributed by atoms with Crippen LogP contribution in [0.3, 0.4) is 0 Å². The van der Waals surface area contributed by atoms with Gasteiger partial charge in [0.2, 0.25) is 5.91 Å². The van der Waals surface area contributed by atoms with Crippen molar-refractivity contribution in [1.82, 2.24) is 5.32 Å². The molecule has 0 radical (unpaired) electrons. The van der Waals surface area contributed by atoms with Crippen LogP contribution in [-0.4, -0.2) is 17.0 Å². The molecule has 0 aliphatic rings. The molecule has 0 atom stereocenters. The molecule has 0 saturated heterocycles. The summed E-state index contributed by atoms with van der Waals surface area (Å²) in [6.07, 6.45) is 3.29. The molecule has 0 bridgehead atoms. The Morgan fingerprint density at radius 3 is 1.80 bits per heavy atom. The summed E-state index contributed by atoms with van der Waals surface area (Å²) in [5.41, 5.74) is 5.35. The van der Waals surface area contributed by atoms with Gasteiger partial charge in [0, 0.05) is 17.5 Å². The van der Waals surface area contributed by atoms with Gasteiger partial charge >= 0.3 is 0 Å². The first-order valence-corrected chi connectivity index (χ1v) is 5.88. The number of nitrogens with one attached hydrogen (secondary N) is 1. The number of hydrogen-bond acceptors (Lipinski definition) is 2. The van der Waals surface area contributed by atoms with Gasteiger partial charge in [0.15, 0.2) is 0 Å². The second kappa shape index (κ2) is 5.50. The van der Waals surface area contributed by atoms with Crippen LogP contribution in [0, 0.1) is 0 Å². The first-order valence-electron chi connectivity index (χ1n) is 5.88. The molecular formula is C12H26N2O. The van der Waals surface area contributed by atoms with Crippen LogP contribution >= 0.6 is 0 Å². The van der Waals surface area contributed by atoms with Crippen molar-refractivity contribution in [2.45, 2.75) is 71.4 Å². The van der Waals surface area contributed by atoms with Crippen LogP contribution in [0.2, 0.25) is 0 Å². The van der Waals surface area contributed by atoms with Crippen LogP contribution in [0.5, 0.6) is 0 Å². The second-order valence-corrected chi connectivity index (χ2v) is 5.05. The maximum atomic E-state index is 11.8. The molecule has 1 amide bonds. The van der Waals surface area contributed by atoms with Crippen molar-refractivity contribution >= 4 is 5.91 Å². The summed E-state index contributed by atoms with van der Waals surface area (Å²) >= 11 is 0. The van der Waals surface area contributed by atoms with Crippen LogP contribution in [0.4, 0.5) is 0 Å². The minimum Gasteiger partial charge on any atom is -0.351 e. The molecule has 0 heterocycles. The van der Waals surface area contributed by atoms with E-state index < -0.39 is 5.54 Å². The Hall–Kier alpha value is -0.570. The zero-order valence-corrected chi connectivity index (χ0v) is 10.8. The van der Waals surface area contributed by atoms with Crippen molar-refractivity contribution in [1.29, 1.82) is 0 Å². The normalized spacial score (nSPS) is 12.7. The lowest BCUT2D eigenvalue weighted by Crippen LogP contribution is -2.50. The summed E-state index contributed by atoms with van der Waals surface area (Å²) < 4.78 is 0. The lowest BCUT2D eigenvalue weighted by atomic mass is 9.89. The van der Waals surface area contributed by atoms with Gasteiger partial charge in [-0.3, -0.25) is 4.79 Å². The van der Waals surface area contributed by atoms with E-state index in [2.05, 4.69) is 26.1 Å². The van der Waals surface area contributed by atoms with Crippen molar-refractivity contribution < 1.29 is 4.79 Å². The molecular weight excluding hydrogens is 188 g/mol. The van der Waals surface area contributed by atoms with E-state index in [0.29, 0.717) is 6.42 Å². The zero-order chi connectivity index (χ0) is 12.1. The van der Waals surface area contributed by atoms with Gasteiger partial charge in [-0.25, -0.2) is 0 Å². The maximum Gasteiger partial charge on any atom is 0.222 e. The Morgan fingerprint density at radius 2 is 1.53 bits per heavy atom. The molecule has 15 heavy (non-hydrogen) atoms. The fraction of sp³-hybridized carbons (Fsp3) is 0.917. The van der Waals surface area contributed by atoms with E-state index in [9.17, 15) is 4.79 Å². The van der Waals surface area contributed by atoms with E-state index in [1.807, 2.05) is 13.8 Å². The molecule has 0 saturated carbocycles. The average molecular weight is 214 g/mol. The molecule has 0 aromatic rings. The molecule has 0 spiro atoms. The second-order valence-electron chi connectivity index (χ2n) is 5.05. The summed E-state index contributed by atoms with van der Waals surface area (Å²) in [4.78, 5) is 11.8. The Labute approximate surface area is 93.8 Å². The Kier molecular flexibility index (Phi) is 5.29. The van der Waals surface area contributed by atoms with E-state index in [1.165, 1.54) is 0 Å². The molecule has 0 rings (SSSR count). The predicted octanol–water partition coefficient (Wildman–Crippen LogP) is 2.20. The summed E-state index contributed by atoms with van der Waals surface area (Å²) in [7, 11) is 0. The van der Waals surface area contributed by atoms with Crippen molar-refractivity contribution in [2.24, 2.45) is 5.73 Å². The molecule has 3 heteroatoms. The van der Waals surface area contributed by atoms with E-state index >= 15 is 0 Å². The van der Waals surface area contributed by atoms with Crippen LogP contribution in [0.1, 0.15) is 60.3 Å². The smallest absolute Gasteiger partial charge is 0.222 e. The third-order valence-corrected chi connectivity index (χ3v) is 3.05. The molecule has 90 valence electrons. The highest BCUT2D eigenvalue weighted by Crippen LogP contribution is 2.19. The summed E-state index contributed by atoms with van der Waals surface area (Å²) in [6, 6.07) is 0. The maximum absolute atomic E-state index is 11.8. The molecule has 0 aliphatic carbocycles. The molecule has 3 N–H and O–H groups in total. The lowest BCUT2D eigenvalue weighted by molar-refractivity contribution is -0.124. The minimum absolute atomic E-state index is 0.0394. The van der Waals surface area contributed by atoms with E-state index in [0.717, 1.165) is 19.3 Å². The van der Waals surface area contributed by atoms with Gasteiger partial charge in [0.1, 0.15) is 0 Å². The van der Waals surface area contributed by atoms with Crippen LogP contribution < -0.4 is 11.1 Å². The minimum atomic E-state index is -0.426. The molecule has 3 nitrogen and oxygen atoms in total. The van der Waals surface area contributed by atoms with E-state index in [1.54, 1.807) is 0 Å². The van der Waals surface area contributed by atoms with Gasteiger partial charge < -0.3 is 11.1 Å². The van der Waals surface area contributed by atoms with Crippen molar-refractivity contribution in [3.63, 3.8) is 0 Å². The zero-order valence-electron chi connectivity index (χ0n) is 10.8. The number of carbonyl (C=O) groups is 1. The SMILES string of the molecule is CCC(CC)(CC)NC(=O)CC(C)(C)N. The lowest BCUT2D eigenvalue weighted by Gasteiger charge is -2.33. The Bertz CT molecular complexity index is 194. The number of nitrogens with two attached hydrogens (primary N) is 1. The van der Waals surface area contributed by atoms with Crippen molar-refractivity contribution in [2.75, 3.05) is 0 Å². The Morgan fingerprint density at radius 1 is 1.13 bits per heavy atom. The van der Waals surface area contributed by atoms with Crippen molar-refractivity contribution in [3.05, 3.63) is 0 Å². The van der Waals surface area contributed by atoms with Gasteiger partial charge in [-0.15, -0.1) is 0 Å². The van der Waals surface area contributed by atoms with Crippen molar-refractivity contribution in [3.8, 4) is 0 Å². The van der Waals surface area contributed by atoms with E-state index in [4.69, 9.17) is 5.73 Å². The number of rotatable bonds is 6. The van der Waals surface area contributed by atoms with Crippen LogP contribution in [0.15, 0.2) is 0 Å². The monoisotopic (exact) mass is 214 g/mol. The number of carbonyl (C=O) groups excluding carboxylic acids is 1. The average Bonchev–Trinajstić information content (AvgIpc) is 2.11. The molecule has 0 aliphatic heterocycles. The van der Waals surface area contributed by atoms with Gasteiger partial charge in [-0.1, -0.05) is 20.8 Å². The highest BCUT2D eigenvalue weighted by Gasteiger charge is 2.27. The predicted molar refractivity (Wildman–Crippen MR) is 64.6 cm³/mol. The topological polar surface area (TPSA) is 55.1 Å². The standard InChI is InChI=1S/C12H26N2O/c1-6-12(7-2,8-3)14-10(15)9-11(4,5)13/h6-9,13H2,1-5H3,(H,14,15). The molecule has 0 unspecified atom stereocenters. The summed E-state index contributed by atoms with van der Waals surface area (Å²) in [6.45, 7) is 10.1. The highest BCUT2D eigenvalue weighted by molar-refractivity contribution is 5.77. The fourth-order valence-electron chi connectivity index (χ4n) is 1.77. The van der Waals surface area contributed by atoms with E-state index in [-0.39, 0.29) is 11.4 Å². The molecule has 0 aromatic carbocycles. The first kappa shape index (κ1) is 14.4. The van der Waals surface area contributed by atoms with Gasteiger partial charge in [-0.05, 0) is 33.1 Å². The summed E-state index contributed by atoms with van der Waals surface area (Å²) in [5, 5.41) is 3.12. The first-order chi connectivity index (χ1) is 6.78. The quantitative estimate of drug-likeness (QED) is 0.712. The van der Waals surface area contributed by atoms with Gasteiger partial charge in [-0.2, -0.15) is 0 Å². The largest absolute Gasteiger partial charge is 0.351 e.